The van der Waals surface area contributed by atoms with Crippen molar-refractivity contribution in [2.45, 2.75) is 6.54 Å². The van der Waals surface area contributed by atoms with Crippen LogP contribution in [0.4, 0.5) is 5.69 Å². The summed E-state index contributed by atoms with van der Waals surface area (Å²) < 4.78 is 6.12. The summed E-state index contributed by atoms with van der Waals surface area (Å²) in [5.41, 5.74) is -0.870. The average Bonchev–Trinajstić information content (AvgIpc) is 2.63. The molecule has 0 aliphatic carbocycles. The van der Waals surface area contributed by atoms with Gasteiger partial charge in [0.15, 0.2) is 5.52 Å². The van der Waals surface area contributed by atoms with Crippen molar-refractivity contribution in [1.82, 2.24) is 9.24 Å². The van der Waals surface area contributed by atoms with Crippen LogP contribution in [0.15, 0.2) is 23.0 Å². The standard InChI is InChI=1S/C10H10N4O5/c1-19-8(15)5-12-9-6(13(11)10(12)16)3-2-4-7(9)14(17)18/h2-4H,5,11H2,1H3. The highest BCUT2D eigenvalue weighted by molar-refractivity contribution is 5.86. The molecule has 9 heteroatoms. The predicted octanol–water partition coefficient (Wildman–Crippen LogP) is -0.402. The number of hydrogen-bond donors (Lipinski definition) is 1. The molecule has 1 heterocycles. The third kappa shape index (κ3) is 1.90. The molecule has 0 aliphatic heterocycles. The Morgan fingerprint density at radius 2 is 2.21 bits per heavy atom. The normalized spacial score (nSPS) is 10.6. The molecule has 0 spiro atoms. The fraction of sp³-hybridized carbons (Fsp3) is 0.200. The van der Waals surface area contributed by atoms with E-state index in [0.717, 1.165) is 16.4 Å². The molecule has 0 amide bonds. The summed E-state index contributed by atoms with van der Waals surface area (Å²) in [5, 5.41) is 11.0. The number of methoxy groups -OCH3 is 1. The van der Waals surface area contributed by atoms with E-state index >= 15 is 0 Å². The highest BCUT2D eigenvalue weighted by Crippen LogP contribution is 2.23. The number of carbonyl (C=O) groups is 1. The SMILES string of the molecule is COC(=O)Cn1c(=O)n(N)c2cccc([N+](=O)[O-])c21. The van der Waals surface area contributed by atoms with Gasteiger partial charge in [-0.15, -0.1) is 0 Å². The van der Waals surface area contributed by atoms with E-state index < -0.39 is 23.1 Å². The molecule has 2 aromatic rings. The Labute approximate surface area is 105 Å². The second-order valence-corrected chi connectivity index (χ2v) is 3.72. The maximum atomic E-state index is 11.9. The van der Waals surface area contributed by atoms with Gasteiger partial charge in [0.1, 0.15) is 6.54 Å². The maximum absolute atomic E-state index is 11.9. The lowest BCUT2D eigenvalue weighted by atomic mass is 10.2. The summed E-state index contributed by atoms with van der Waals surface area (Å²) in [4.78, 5) is 33.5. The number of nitrogens with two attached hydrogens (primary N) is 1. The van der Waals surface area contributed by atoms with E-state index in [2.05, 4.69) is 4.74 Å². The number of carbonyl (C=O) groups excluding carboxylic acids is 1. The van der Waals surface area contributed by atoms with Gasteiger partial charge in [0.25, 0.3) is 5.69 Å². The van der Waals surface area contributed by atoms with Crippen LogP contribution < -0.4 is 11.5 Å². The topological polar surface area (TPSA) is 122 Å². The Hall–Kier alpha value is -2.84. The number of nitro groups is 1. The molecule has 0 bridgehead atoms. The van der Waals surface area contributed by atoms with Gasteiger partial charge in [-0.25, -0.2) is 9.47 Å². The first kappa shape index (κ1) is 12.6. The Kier molecular flexibility index (Phi) is 2.95. The van der Waals surface area contributed by atoms with Crippen molar-refractivity contribution in [3.8, 4) is 0 Å². The first-order valence-electron chi connectivity index (χ1n) is 5.18. The molecule has 0 radical (unpaired) electrons. The van der Waals surface area contributed by atoms with Gasteiger partial charge in [-0.3, -0.25) is 19.5 Å². The maximum Gasteiger partial charge on any atom is 0.348 e. The molecule has 100 valence electrons. The summed E-state index contributed by atoms with van der Waals surface area (Å²) in [7, 11) is 1.16. The van der Waals surface area contributed by atoms with E-state index in [-0.39, 0.29) is 16.7 Å². The highest BCUT2D eigenvalue weighted by atomic mass is 16.6. The van der Waals surface area contributed by atoms with Crippen molar-refractivity contribution in [2.75, 3.05) is 13.0 Å². The zero-order chi connectivity index (χ0) is 14.2. The molecule has 9 nitrogen and oxygen atoms in total. The number of fused-ring (bicyclic) bond motifs is 1. The van der Waals surface area contributed by atoms with Crippen LogP contribution in [0.3, 0.4) is 0 Å². The van der Waals surface area contributed by atoms with Crippen molar-refractivity contribution in [2.24, 2.45) is 0 Å². The lowest BCUT2D eigenvalue weighted by molar-refractivity contribution is -0.383. The first-order valence-corrected chi connectivity index (χ1v) is 5.18. The fourth-order valence-corrected chi connectivity index (χ4v) is 1.81. The van der Waals surface area contributed by atoms with Crippen LogP contribution in [-0.2, 0) is 16.1 Å². The third-order valence-corrected chi connectivity index (χ3v) is 2.67. The number of hydrogen-bond acceptors (Lipinski definition) is 6. The summed E-state index contributed by atoms with van der Waals surface area (Å²) in [5.74, 6) is 4.83. The predicted molar refractivity (Wildman–Crippen MR) is 65.0 cm³/mol. The Bertz CT molecular complexity index is 729. The molecular formula is C10H10N4O5. The van der Waals surface area contributed by atoms with E-state index in [4.69, 9.17) is 5.84 Å². The minimum absolute atomic E-state index is 0.00889. The minimum atomic E-state index is -0.727. The summed E-state index contributed by atoms with van der Waals surface area (Å²) >= 11 is 0. The number of non-ortho nitro benzene ring substituents is 1. The van der Waals surface area contributed by atoms with Crippen molar-refractivity contribution >= 4 is 22.7 Å². The number of rotatable bonds is 3. The molecule has 1 aromatic carbocycles. The van der Waals surface area contributed by atoms with Crippen LogP contribution in [0.5, 0.6) is 0 Å². The molecule has 2 rings (SSSR count). The molecular weight excluding hydrogens is 256 g/mol. The van der Waals surface area contributed by atoms with E-state index in [0.29, 0.717) is 0 Å². The smallest absolute Gasteiger partial charge is 0.348 e. The van der Waals surface area contributed by atoms with Gasteiger partial charge in [-0.05, 0) is 6.07 Å². The number of para-hydroxylation sites is 1. The largest absolute Gasteiger partial charge is 0.468 e. The zero-order valence-corrected chi connectivity index (χ0v) is 9.90. The van der Waals surface area contributed by atoms with Crippen molar-refractivity contribution in [3.05, 3.63) is 38.8 Å². The fourth-order valence-electron chi connectivity index (χ4n) is 1.81. The molecule has 0 saturated heterocycles. The number of nitro benzene ring substituents is 1. The second kappa shape index (κ2) is 4.44. The van der Waals surface area contributed by atoms with E-state index in [1.165, 1.54) is 18.2 Å². The molecule has 0 aliphatic rings. The van der Waals surface area contributed by atoms with E-state index in [1.807, 2.05) is 0 Å². The van der Waals surface area contributed by atoms with Gasteiger partial charge >= 0.3 is 11.7 Å². The van der Waals surface area contributed by atoms with Gasteiger partial charge in [0.2, 0.25) is 0 Å². The monoisotopic (exact) mass is 266 g/mol. The third-order valence-electron chi connectivity index (χ3n) is 2.67. The second-order valence-electron chi connectivity index (χ2n) is 3.72. The number of ether oxygens (including phenoxy) is 1. The lowest BCUT2D eigenvalue weighted by Crippen LogP contribution is -2.31. The van der Waals surface area contributed by atoms with Crippen LogP contribution in [0, 0.1) is 10.1 Å². The van der Waals surface area contributed by atoms with Gasteiger partial charge in [0, 0.05) is 6.07 Å². The summed E-state index contributed by atoms with van der Waals surface area (Å²) in [6, 6.07) is 4.10. The van der Waals surface area contributed by atoms with Gasteiger partial charge in [-0.1, -0.05) is 6.07 Å². The minimum Gasteiger partial charge on any atom is -0.468 e. The number of nitrogens with zero attached hydrogens (tertiary/aromatic N) is 3. The lowest BCUT2D eigenvalue weighted by Gasteiger charge is -2.01. The average molecular weight is 266 g/mol. The molecule has 2 N–H and O–H groups in total. The Morgan fingerprint density at radius 1 is 1.53 bits per heavy atom. The van der Waals surface area contributed by atoms with Gasteiger partial charge < -0.3 is 10.6 Å². The van der Waals surface area contributed by atoms with Crippen LogP contribution in [-0.4, -0.2) is 27.2 Å². The van der Waals surface area contributed by atoms with E-state index in [9.17, 15) is 19.7 Å². The van der Waals surface area contributed by atoms with Gasteiger partial charge in [0.05, 0.1) is 17.5 Å². The van der Waals surface area contributed by atoms with Crippen molar-refractivity contribution < 1.29 is 14.5 Å². The molecule has 1 aromatic heterocycles. The number of aromatic nitrogens is 2. The molecule has 0 fully saturated rings. The molecule has 19 heavy (non-hydrogen) atoms. The quantitative estimate of drug-likeness (QED) is 0.349. The Balaban J connectivity index is 2.81. The van der Waals surface area contributed by atoms with Crippen LogP contribution >= 0.6 is 0 Å². The number of esters is 1. The summed E-state index contributed by atoms with van der Waals surface area (Å²) in [6.07, 6.45) is 0. The van der Waals surface area contributed by atoms with Crippen molar-refractivity contribution in [1.29, 1.82) is 0 Å². The summed E-state index contributed by atoms with van der Waals surface area (Å²) in [6.45, 7) is -0.444. The van der Waals surface area contributed by atoms with E-state index in [1.54, 1.807) is 0 Å². The number of imidazole rings is 1. The number of benzene rings is 1. The molecule has 0 saturated carbocycles. The van der Waals surface area contributed by atoms with Crippen LogP contribution in [0.25, 0.3) is 11.0 Å². The molecule has 0 unspecified atom stereocenters. The Morgan fingerprint density at radius 3 is 2.79 bits per heavy atom. The first-order chi connectivity index (χ1) is 8.97. The van der Waals surface area contributed by atoms with Crippen LogP contribution in [0.1, 0.15) is 0 Å². The highest BCUT2D eigenvalue weighted by Gasteiger charge is 2.22. The van der Waals surface area contributed by atoms with Crippen LogP contribution in [0.2, 0.25) is 0 Å². The molecule has 0 atom stereocenters. The zero-order valence-electron chi connectivity index (χ0n) is 9.90. The number of nitrogen functional groups attached to an aromatic ring is 1. The van der Waals surface area contributed by atoms with Gasteiger partial charge in [-0.2, -0.15) is 0 Å². The van der Waals surface area contributed by atoms with Crippen molar-refractivity contribution in [3.63, 3.8) is 0 Å².